The Hall–Kier alpha value is -0.980. The van der Waals surface area contributed by atoms with Crippen LogP contribution < -0.4 is 0 Å². The van der Waals surface area contributed by atoms with Gasteiger partial charge in [-0.15, -0.1) is 0 Å². The molecule has 1 aliphatic carbocycles. The van der Waals surface area contributed by atoms with Crippen molar-refractivity contribution < 1.29 is 9.63 Å². The van der Waals surface area contributed by atoms with Gasteiger partial charge in [0.2, 0.25) is 5.89 Å². The molecule has 3 unspecified atom stereocenters. The van der Waals surface area contributed by atoms with Crippen LogP contribution in [0, 0.1) is 0 Å². The first kappa shape index (κ1) is 11.8. The van der Waals surface area contributed by atoms with Crippen molar-refractivity contribution >= 4 is 0 Å². The maximum atomic E-state index is 9.92. The Labute approximate surface area is 112 Å². The van der Waals surface area contributed by atoms with E-state index >= 15 is 0 Å². The molecule has 0 amide bonds. The van der Waals surface area contributed by atoms with Gasteiger partial charge >= 0.3 is 0 Å². The van der Waals surface area contributed by atoms with E-state index < -0.39 is 0 Å². The highest BCUT2D eigenvalue weighted by Crippen LogP contribution is 2.35. The van der Waals surface area contributed by atoms with Gasteiger partial charge in [-0.2, -0.15) is 4.98 Å². The zero-order valence-electron chi connectivity index (χ0n) is 11.0. The third-order valence-corrected chi connectivity index (χ3v) is 4.83. The summed E-state index contributed by atoms with van der Waals surface area (Å²) in [5, 5.41) is 14.1. The van der Waals surface area contributed by atoms with E-state index in [-0.39, 0.29) is 18.1 Å². The summed E-state index contributed by atoms with van der Waals surface area (Å²) in [6.45, 7) is 5.51. The van der Waals surface area contributed by atoms with Crippen molar-refractivity contribution in [3.05, 3.63) is 11.7 Å². The predicted octanol–water partition coefficient (Wildman–Crippen LogP) is 0.370. The van der Waals surface area contributed by atoms with Crippen LogP contribution in [0.3, 0.4) is 0 Å². The molecule has 1 aromatic heterocycles. The van der Waals surface area contributed by atoms with Crippen molar-refractivity contribution in [2.75, 3.05) is 32.7 Å². The number of nitrogens with zero attached hydrogens (tertiary/aromatic N) is 4. The zero-order valence-corrected chi connectivity index (χ0v) is 11.0. The molecule has 6 nitrogen and oxygen atoms in total. The number of hydrogen-bond acceptors (Lipinski definition) is 6. The van der Waals surface area contributed by atoms with Crippen LogP contribution in [0.5, 0.6) is 0 Å². The van der Waals surface area contributed by atoms with Crippen molar-refractivity contribution in [2.24, 2.45) is 0 Å². The smallest absolute Gasteiger partial charge is 0.232 e. The summed E-state index contributed by atoms with van der Waals surface area (Å²) in [5.74, 6) is 1.49. The fourth-order valence-corrected chi connectivity index (χ4v) is 3.62. The lowest BCUT2D eigenvalue weighted by Gasteiger charge is -2.46. The van der Waals surface area contributed by atoms with E-state index in [2.05, 4.69) is 19.9 Å². The molecule has 19 heavy (non-hydrogen) atoms. The SMILES string of the molecule is OC1CCCC1c1nc(C2CN3CCN2CC3)no1. The average Bonchev–Trinajstić information content (AvgIpc) is 3.08. The Kier molecular flexibility index (Phi) is 2.82. The lowest BCUT2D eigenvalue weighted by Crippen LogP contribution is -2.57. The molecule has 4 aliphatic rings. The van der Waals surface area contributed by atoms with Gasteiger partial charge in [0.15, 0.2) is 5.82 Å². The third kappa shape index (κ3) is 1.98. The summed E-state index contributed by atoms with van der Waals surface area (Å²) in [6.07, 6.45) is 2.56. The molecular formula is C13H20N4O2. The Morgan fingerprint density at radius 1 is 1.16 bits per heavy atom. The Balaban J connectivity index is 1.55. The first-order chi connectivity index (χ1) is 9.31. The van der Waals surface area contributed by atoms with E-state index in [1.54, 1.807) is 0 Å². The van der Waals surface area contributed by atoms with Crippen molar-refractivity contribution in [1.82, 2.24) is 19.9 Å². The first-order valence-electron chi connectivity index (χ1n) is 7.29. The van der Waals surface area contributed by atoms with E-state index in [4.69, 9.17) is 4.52 Å². The standard InChI is InChI=1S/C13H20N4O2/c18-11-3-1-2-9(11)13-14-12(15-19-13)10-8-16-4-6-17(10)7-5-16/h9-11,18H,1-8H2. The van der Waals surface area contributed by atoms with Gasteiger partial charge < -0.3 is 9.63 Å². The van der Waals surface area contributed by atoms with Crippen LogP contribution in [-0.2, 0) is 0 Å². The van der Waals surface area contributed by atoms with Gasteiger partial charge in [0.25, 0.3) is 0 Å². The summed E-state index contributed by atoms with van der Waals surface area (Å²) in [5.41, 5.74) is 0. The van der Waals surface area contributed by atoms with Gasteiger partial charge in [-0.25, -0.2) is 0 Å². The van der Waals surface area contributed by atoms with E-state index in [1.165, 1.54) is 0 Å². The quantitative estimate of drug-likeness (QED) is 0.832. The largest absolute Gasteiger partial charge is 0.392 e. The van der Waals surface area contributed by atoms with Crippen LogP contribution in [0.2, 0.25) is 0 Å². The fraction of sp³-hybridized carbons (Fsp3) is 0.846. The van der Waals surface area contributed by atoms with Crippen LogP contribution in [0.1, 0.15) is 42.9 Å². The molecule has 3 aliphatic heterocycles. The van der Waals surface area contributed by atoms with E-state index in [9.17, 15) is 5.11 Å². The minimum Gasteiger partial charge on any atom is -0.392 e. The number of aromatic nitrogens is 2. The highest BCUT2D eigenvalue weighted by atomic mass is 16.5. The second kappa shape index (κ2) is 4.54. The molecule has 3 saturated heterocycles. The second-order valence-corrected chi connectivity index (χ2v) is 5.95. The molecule has 5 rings (SSSR count). The predicted molar refractivity (Wildman–Crippen MR) is 67.7 cm³/mol. The van der Waals surface area contributed by atoms with E-state index in [1.807, 2.05) is 0 Å². The number of fused-ring (bicyclic) bond motifs is 3. The topological polar surface area (TPSA) is 65.6 Å². The zero-order chi connectivity index (χ0) is 12.8. The lowest BCUT2D eigenvalue weighted by atomic mass is 10.1. The van der Waals surface area contributed by atoms with Crippen LogP contribution >= 0.6 is 0 Å². The molecule has 1 aromatic rings. The maximum absolute atomic E-state index is 9.92. The van der Waals surface area contributed by atoms with Crippen LogP contribution in [0.25, 0.3) is 0 Å². The lowest BCUT2D eigenvalue weighted by molar-refractivity contribution is 0.00781. The molecule has 4 heterocycles. The van der Waals surface area contributed by atoms with Crippen molar-refractivity contribution in [2.45, 2.75) is 37.3 Å². The van der Waals surface area contributed by atoms with Crippen LogP contribution in [0.15, 0.2) is 4.52 Å². The van der Waals surface area contributed by atoms with Crippen molar-refractivity contribution in [1.29, 1.82) is 0 Å². The second-order valence-electron chi connectivity index (χ2n) is 5.95. The van der Waals surface area contributed by atoms with Gasteiger partial charge in [-0.1, -0.05) is 5.16 Å². The average molecular weight is 264 g/mol. The van der Waals surface area contributed by atoms with E-state index in [0.29, 0.717) is 5.89 Å². The highest BCUT2D eigenvalue weighted by Gasteiger charge is 2.37. The van der Waals surface area contributed by atoms with Crippen LogP contribution in [0.4, 0.5) is 0 Å². The summed E-state index contributed by atoms with van der Waals surface area (Å²) in [7, 11) is 0. The summed E-state index contributed by atoms with van der Waals surface area (Å²) >= 11 is 0. The summed E-state index contributed by atoms with van der Waals surface area (Å²) < 4.78 is 5.41. The number of piperazine rings is 3. The fourth-order valence-electron chi connectivity index (χ4n) is 3.62. The van der Waals surface area contributed by atoms with E-state index in [0.717, 1.165) is 57.8 Å². The van der Waals surface area contributed by atoms with Gasteiger partial charge in [0, 0.05) is 32.7 Å². The van der Waals surface area contributed by atoms with Gasteiger partial charge in [-0.3, -0.25) is 9.80 Å². The molecule has 1 saturated carbocycles. The maximum Gasteiger partial charge on any atom is 0.232 e. The van der Waals surface area contributed by atoms with Gasteiger partial charge in [0.05, 0.1) is 18.1 Å². The van der Waals surface area contributed by atoms with Gasteiger partial charge in [0.1, 0.15) is 0 Å². The highest BCUT2D eigenvalue weighted by molar-refractivity contribution is 5.05. The number of aliphatic hydroxyl groups is 1. The molecule has 0 aromatic carbocycles. The molecule has 0 radical (unpaired) electrons. The molecule has 2 bridgehead atoms. The minimum absolute atomic E-state index is 0.0531. The molecule has 6 heteroatoms. The molecule has 0 spiro atoms. The molecule has 104 valence electrons. The van der Waals surface area contributed by atoms with Gasteiger partial charge in [-0.05, 0) is 19.3 Å². The normalized spacial score (nSPS) is 41.8. The molecular weight excluding hydrogens is 244 g/mol. The Bertz CT molecular complexity index is 455. The summed E-state index contributed by atoms with van der Waals surface area (Å²) in [6, 6.07) is 0.276. The molecule has 3 atom stereocenters. The number of rotatable bonds is 2. The molecule has 4 fully saturated rings. The van der Waals surface area contributed by atoms with Crippen molar-refractivity contribution in [3.8, 4) is 0 Å². The number of aliphatic hydroxyl groups excluding tert-OH is 1. The first-order valence-corrected chi connectivity index (χ1v) is 7.29. The Morgan fingerprint density at radius 2 is 2.00 bits per heavy atom. The number of hydrogen-bond donors (Lipinski definition) is 1. The summed E-state index contributed by atoms with van der Waals surface area (Å²) in [4.78, 5) is 9.49. The molecule has 1 N–H and O–H groups in total. The minimum atomic E-state index is -0.305. The monoisotopic (exact) mass is 264 g/mol. The van der Waals surface area contributed by atoms with Crippen LogP contribution in [-0.4, -0.2) is 63.9 Å². The Morgan fingerprint density at radius 3 is 2.63 bits per heavy atom. The van der Waals surface area contributed by atoms with Crippen molar-refractivity contribution in [3.63, 3.8) is 0 Å². The third-order valence-electron chi connectivity index (χ3n) is 4.83.